The minimum atomic E-state index is -0.151. The number of rotatable bonds is 6. The molecule has 2 atom stereocenters. The van der Waals surface area contributed by atoms with E-state index in [1.807, 2.05) is 18.2 Å². The Morgan fingerprint density at radius 2 is 1.91 bits per heavy atom. The van der Waals surface area contributed by atoms with Crippen molar-refractivity contribution in [1.82, 2.24) is 0 Å². The predicted molar refractivity (Wildman–Crippen MR) is 89.5 cm³/mol. The zero-order valence-corrected chi connectivity index (χ0v) is 14.8. The molecule has 0 aromatic heterocycles. The second-order valence-electron chi connectivity index (χ2n) is 6.83. The lowest BCUT2D eigenvalue weighted by atomic mass is 10.1. The molecule has 4 nitrogen and oxygen atoms in total. The summed E-state index contributed by atoms with van der Waals surface area (Å²) in [6.07, 6.45) is 2.16. The van der Waals surface area contributed by atoms with Crippen molar-refractivity contribution in [2.75, 3.05) is 14.2 Å². The van der Waals surface area contributed by atoms with E-state index in [1.54, 1.807) is 14.2 Å². The quantitative estimate of drug-likeness (QED) is 0.588. The lowest BCUT2D eigenvalue weighted by Crippen LogP contribution is -2.11. The van der Waals surface area contributed by atoms with Crippen LogP contribution in [-0.2, 0) is 16.1 Å². The first kappa shape index (κ1) is 17.4. The Morgan fingerprint density at radius 1 is 1.22 bits per heavy atom. The summed E-state index contributed by atoms with van der Waals surface area (Å²) < 4.78 is 16.2. The highest BCUT2D eigenvalue weighted by Crippen LogP contribution is 2.59. The average Bonchev–Trinajstić information content (AvgIpc) is 3.04. The molecule has 0 unspecified atom stereocenters. The first-order valence-corrected chi connectivity index (χ1v) is 7.84. The molecule has 0 radical (unpaired) electrons. The van der Waals surface area contributed by atoms with Gasteiger partial charge in [-0.05, 0) is 31.2 Å². The highest BCUT2D eigenvalue weighted by molar-refractivity contribution is 5.78. The molecule has 4 heteroatoms. The summed E-state index contributed by atoms with van der Waals surface area (Å²) in [5, 5.41) is 0. The molecule has 1 fully saturated rings. The molecule has 1 aromatic carbocycles. The van der Waals surface area contributed by atoms with Gasteiger partial charge in [0.1, 0.15) is 6.61 Å². The van der Waals surface area contributed by atoms with Crippen LogP contribution in [0.15, 0.2) is 29.8 Å². The summed E-state index contributed by atoms with van der Waals surface area (Å²) in [5.74, 6) is 1.28. The maximum atomic E-state index is 12.4. The molecule has 23 heavy (non-hydrogen) atoms. The van der Waals surface area contributed by atoms with E-state index in [2.05, 4.69) is 33.8 Å². The molecule has 2 rings (SSSR count). The summed E-state index contributed by atoms with van der Waals surface area (Å²) in [6.45, 7) is 8.51. The van der Waals surface area contributed by atoms with Gasteiger partial charge in [-0.1, -0.05) is 37.6 Å². The monoisotopic (exact) mass is 318 g/mol. The molecule has 0 saturated heterocycles. The van der Waals surface area contributed by atoms with Gasteiger partial charge in [-0.3, -0.25) is 4.79 Å². The fourth-order valence-electron chi connectivity index (χ4n) is 3.10. The topological polar surface area (TPSA) is 44.8 Å². The molecule has 0 bridgehead atoms. The van der Waals surface area contributed by atoms with Crippen molar-refractivity contribution in [1.29, 1.82) is 0 Å². The Labute approximate surface area is 138 Å². The maximum absolute atomic E-state index is 12.4. The first-order chi connectivity index (χ1) is 10.8. The van der Waals surface area contributed by atoms with E-state index < -0.39 is 0 Å². The molecular formula is C19H26O4. The number of ether oxygens (including phenoxy) is 3. The van der Waals surface area contributed by atoms with Gasteiger partial charge in [-0.25, -0.2) is 0 Å². The third-order valence-corrected chi connectivity index (χ3v) is 4.53. The molecule has 1 aliphatic carbocycles. The molecule has 1 aromatic rings. The van der Waals surface area contributed by atoms with Crippen LogP contribution in [0.1, 0.15) is 33.3 Å². The fraction of sp³-hybridized carbons (Fsp3) is 0.526. The Bertz CT molecular complexity index is 612. The molecule has 126 valence electrons. The van der Waals surface area contributed by atoms with Crippen LogP contribution >= 0.6 is 0 Å². The third kappa shape index (κ3) is 3.52. The largest absolute Gasteiger partial charge is 0.493 e. The summed E-state index contributed by atoms with van der Waals surface area (Å²) in [4.78, 5) is 12.4. The lowest BCUT2D eigenvalue weighted by molar-refractivity contribution is -0.147. The van der Waals surface area contributed by atoms with Gasteiger partial charge in [0.25, 0.3) is 0 Å². The second kappa shape index (κ2) is 6.65. The number of esters is 1. The summed E-state index contributed by atoms with van der Waals surface area (Å²) >= 11 is 0. The Kier molecular flexibility index (Phi) is 5.03. The first-order valence-electron chi connectivity index (χ1n) is 7.84. The Hall–Kier alpha value is -1.97. The van der Waals surface area contributed by atoms with Gasteiger partial charge in [0, 0.05) is 5.56 Å². The molecule has 0 aliphatic heterocycles. The second-order valence-corrected chi connectivity index (χ2v) is 6.83. The van der Waals surface area contributed by atoms with Crippen LogP contribution in [0.3, 0.4) is 0 Å². The lowest BCUT2D eigenvalue weighted by Gasteiger charge is -2.13. The minimum absolute atomic E-state index is 0.0349. The van der Waals surface area contributed by atoms with Gasteiger partial charge in [0.05, 0.1) is 20.1 Å². The SMILES string of the molecule is COc1cccc(COC(=O)[C@H]2[C@@H](C=C(C)C)C2(C)C)c1OC. The van der Waals surface area contributed by atoms with E-state index in [-0.39, 0.29) is 29.8 Å². The van der Waals surface area contributed by atoms with E-state index in [4.69, 9.17) is 14.2 Å². The normalized spacial score (nSPS) is 21.3. The van der Waals surface area contributed by atoms with Crippen LogP contribution in [-0.4, -0.2) is 20.2 Å². The third-order valence-electron chi connectivity index (χ3n) is 4.53. The van der Waals surface area contributed by atoms with Gasteiger partial charge in [0.2, 0.25) is 0 Å². The number of hydrogen-bond acceptors (Lipinski definition) is 4. The van der Waals surface area contributed by atoms with Gasteiger partial charge >= 0.3 is 5.97 Å². The number of allylic oxidation sites excluding steroid dienone is 2. The molecular weight excluding hydrogens is 292 g/mol. The van der Waals surface area contributed by atoms with Gasteiger partial charge < -0.3 is 14.2 Å². The number of carbonyl (C=O) groups is 1. The van der Waals surface area contributed by atoms with Crippen LogP contribution < -0.4 is 9.47 Å². The highest BCUT2D eigenvalue weighted by atomic mass is 16.5. The van der Waals surface area contributed by atoms with Crippen LogP contribution in [0.5, 0.6) is 11.5 Å². The Morgan fingerprint density at radius 3 is 2.48 bits per heavy atom. The van der Waals surface area contributed by atoms with E-state index in [0.29, 0.717) is 11.5 Å². The van der Waals surface area contributed by atoms with Crippen LogP contribution in [0.4, 0.5) is 0 Å². The van der Waals surface area contributed by atoms with E-state index in [0.717, 1.165) is 5.56 Å². The van der Waals surface area contributed by atoms with Crippen molar-refractivity contribution in [3.63, 3.8) is 0 Å². The molecule has 0 spiro atoms. The smallest absolute Gasteiger partial charge is 0.310 e. The molecule has 1 saturated carbocycles. The van der Waals surface area contributed by atoms with Crippen LogP contribution in [0.2, 0.25) is 0 Å². The zero-order valence-electron chi connectivity index (χ0n) is 14.8. The number of benzene rings is 1. The predicted octanol–water partition coefficient (Wildman–Crippen LogP) is 3.99. The maximum Gasteiger partial charge on any atom is 0.310 e. The average molecular weight is 318 g/mol. The molecule has 0 amide bonds. The number of carbonyl (C=O) groups excluding carboxylic acids is 1. The van der Waals surface area contributed by atoms with Gasteiger partial charge in [-0.15, -0.1) is 0 Å². The van der Waals surface area contributed by atoms with Crippen molar-refractivity contribution in [3.05, 3.63) is 35.4 Å². The zero-order chi connectivity index (χ0) is 17.2. The molecule has 0 N–H and O–H groups in total. The Balaban J connectivity index is 2.05. The van der Waals surface area contributed by atoms with Gasteiger partial charge in [0.15, 0.2) is 11.5 Å². The van der Waals surface area contributed by atoms with Crippen LogP contribution in [0.25, 0.3) is 0 Å². The van der Waals surface area contributed by atoms with Crippen molar-refractivity contribution in [2.45, 2.75) is 34.3 Å². The summed E-state index contributed by atoms with van der Waals surface area (Å²) in [6, 6.07) is 5.55. The molecule has 0 heterocycles. The van der Waals surface area contributed by atoms with Gasteiger partial charge in [-0.2, -0.15) is 0 Å². The van der Waals surface area contributed by atoms with Crippen molar-refractivity contribution < 1.29 is 19.0 Å². The standard InChI is InChI=1S/C19H26O4/c1-12(2)10-14-16(19(14,3)4)18(20)23-11-13-8-7-9-15(21-5)17(13)22-6/h7-10,14,16H,11H2,1-6H3/t14-,16-/m1/s1. The number of para-hydroxylation sites is 1. The highest BCUT2D eigenvalue weighted by Gasteiger charge is 2.61. The molecule has 1 aliphatic rings. The van der Waals surface area contributed by atoms with Crippen molar-refractivity contribution in [3.8, 4) is 11.5 Å². The van der Waals surface area contributed by atoms with E-state index in [1.165, 1.54) is 5.57 Å². The van der Waals surface area contributed by atoms with Crippen molar-refractivity contribution in [2.24, 2.45) is 17.3 Å². The minimum Gasteiger partial charge on any atom is -0.493 e. The fourth-order valence-corrected chi connectivity index (χ4v) is 3.10. The number of methoxy groups -OCH3 is 2. The van der Waals surface area contributed by atoms with E-state index >= 15 is 0 Å². The van der Waals surface area contributed by atoms with Crippen molar-refractivity contribution >= 4 is 5.97 Å². The van der Waals surface area contributed by atoms with E-state index in [9.17, 15) is 4.79 Å². The number of hydrogen-bond donors (Lipinski definition) is 0. The summed E-state index contributed by atoms with van der Waals surface area (Å²) in [7, 11) is 3.17. The summed E-state index contributed by atoms with van der Waals surface area (Å²) in [5.41, 5.74) is 2.00. The van der Waals surface area contributed by atoms with Crippen LogP contribution in [0, 0.1) is 17.3 Å².